The predicted molar refractivity (Wildman–Crippen MR) is 102 cm³/mol. The van der Waals surface area contributed by atoms with Crippen molar-refractivity contribution >= 4 is 28.6 Å². The first-order chi connectivity index (χ1) is 13.0. The zero-order chi connectivity index (χ0) is 19.3. The van der Waals surface area contributed by atoms with Crippen LogP contribution >= 0.6 is 0 Å². The quantitative estimate of drug-likeness (QED) is 0.731. The number of fused-ring (bicyclic) bond motifs is 1. The van der Waals surface area contributed by atoms with Crippen LogP contribution in [0.3, 0.4) is 0 Å². The summed E-state index contributed by atoms with van der Waals surface area (Å²) in [6.45, 7) is 0.160. The van der Waals surface area contributed by atoms with Crippen LogP contribution in [0.1, 0.15) is 48.9 Å². The van der Waals surface area contributed by atoms with Crippen LogP contribution in [0.4, 0.5) is 0 Å². The molecule has 1 fully saturated rings. The van der Waals surface area contributed by atoms with Crippen LogP contribution in [0.15, 0.2) is 42.5 Å². The Kier molecular flexibility index (Phi) is 5.74. The molecule has 0 aromatic heterocycles. The number of carbonyl (C=O) groups is 3. The molecule has 27 heavy (non-hydrogen) atoms. The minimum Gasteiger partial charge on any atom is -0.480 e. The number of rotatable bonds is 6. The molecule has 1 saturated carbocycles. The maximum absolute atomic E-state index is 12.3. The number of carbonyl (C=O) groups excluding carboxylic acids is 2. The van der Waals surface area contributed by atoms with Crippen LogP contribution in [0.2, 0.25) is 0 Å². The van der Waals surface area contributed by atoms with E-state index in [1.54, 1.807) is 6.07 Å². The highest BCUT2D eigenvalue weighted by molar-refractivity contribution is 5.98. The molecule has 3 N–H and O–H groups in total. The first-order valence-electron chi connectivity index (χ1n) is 9.32. The van der Waals surface area contributed by atoms with Gasteiger partial charge in [-0.25, -0.2) is 4.79 Å². The van der Waals surface area contributed by atoms with Crippen molar-refractivity contribution in [3.63, 3.8) is 0 Å². The third kappa shape index (κ3) is 4.45. The van der Waals surface area contributed by atoms with Crippen molar-refractivity contribution in [1.82, 2.24) is 10.6 Å². The fourth-order valence-electron chi connectivity index (χ4n) is 3.60. The number of aliphatic carboxylic acids is 1. The van der Waals surface area contributed by atoms with Gasteiger partial charge >= 0.3 is 5.97 Å². The monoisotopic (exact) mass is 368 g/mol. The number of carboxylic acids is 1. The summed E-state index contributed by atoms with van der Waals surface area (Å²) in [6.07, 6.45) is 3.55. The van der Waals surface area contributed by atoms with Gasteiger partial charge in [-0.05, 0) is 35.7 Å². The Morgan fingerprint density at radius 2 is 1.67 bits per heavy atom. The van der Waals surface area contributed by atoms with E-state index in [1.807, 2.05) is 36.4 Å². The van der Waals surface area contributed by atoms with Crippen LogP contribution in [0.25, 0.3) is 10.8 Å². The van der Waals surface area contributed by atoms with Crippen molar-refractivity contribution < 1.29 is 19.5 Å². The molecule has 142 valence electrons. The zero-order valence-electron chi connectivity index (χ0n) is 15.2. The van der Waals surface area contributed by atoms with E-state index in [2.05, 4.69) is 10.6 Å². The molecule has 2 amide bonds. The van der Waals surface area contributed by atoms with Crippen molar-refractivity contribution in [2.24, 2.45) is 0 Å². The standard InChI is InChI=1S/C21H24N2O4/c24-18(23-21(20(26)27)11-4-1-5-12-21)10-13-22-19(25)17-9-8-15-6-2-3-7-16(15)14-17/h2-3,6-9,14H,1,4-5,10-13H2,(H,22,25)(H,23,24)(H,26,27). The minimum absolute atomic E-state index is 0.0500. The van der Waals surface area contributed by atoms with Crippen LogP contribution in [-0.4, -0.2) is 35.0 Å². The SMILES string of the molecule is O=C(CCNC(=O)c1ccc2ccccc2c1)NC1(C(=O)O)CCCCC1. The van der Waals surface area contributed by atoms with Gasteiger partial charge in [-0.2, -0.15) is 0 Å². The molecule has 6 nitrogen and oxygen atoms in total. The third-order valence-corrected chi connectivity index (χ3v) is 5.14. The second kappa shape index (κ2) is 8.20. The van der Waals surface area contributed by atoms with E-state index >= 15 is 0 Å². The van der Waals surface area contributed by atoms with Crippen molar-refractivity contribution in [2.45, 2.75) is 44.1 Å². The molecule has 0 saturated heterocycles. The van der Waals surface area contributed by atoms with Crippen molar-refractivity contribution in [3.8, 4) is 0 Å². The van der Waals surface area contributed by atoms with Gasteiger partial charge in [0, 0.05) is 18.5 Å². The smallest absolute Gasteiger partial charge is 0.329 e. The highest BCUT2D eigenvalue weighted by Gasteiger charge is 2.40. The summed E-state index contributed by atoms with van der Waals surface area (Å²) < 4.78 is 0. The molecule has 2 aromatic rings. The summed E-state index contributed by atoms with van der Waals surface area (Å²) in [4.78, 5) is 36.1. The van der Waals surface area contributed by atoms with Gasteiger partial charge in [0.1, 0.15) is 5.54 Å². The van der Waals surface area contributed by atoms with Gasteiger partial charge in [0.05, 0.1) is 0 Å². The fourth-order valence-corrected chi connectivity index (χ4v) is 3.60. The second-order valence-corrected chi connectivity index (χ2v) is 7.06. The molecule has 6 heteroatoms. The molecule has 3 rings (SSSR count). The van der Waals surface area contributed by atoms with E-state index in [4.69, 9.17) is 0 Å². The van der Waals surface area contributed by atoms with E-state index in [0.717, 1.165) is 30.0 Å². The number of nitrogens with one attached hydrogen (secondary N) is 2. The molecule has 0 atom stereocenters. The van der Waals surface area contributed by atoms with Crippen LogP contribution in [-0.2, 0) is 9.59 Å². The number of amides is 2. The van der Waals surface area contributed by atoms with E-state index in [9.17, 15) is 19.5 Å². The van der Waals surface area contributed by atoms with Crippen molar-refractivity contribution in [2.75, 3.05) is 6.54 Å². The normalized spacial score (nSPS) is 15.9. The molecule has 0 heterocycles. The summed E-state index contributed by atoms with van der Waals surface area (Å²) in [5.74, 6) is -1.58. The van der Waals surface area contributed by atoms with Crippen LogP contribution in [0, 0.1) is 0 Å². The number of hydrogen-bond donors (Lipinski definition) is 3. The molecule has 0 spiro atoms. The molecule has 1 aliphatic carbocycles. The first kappa shape index (κ1) is 18.9. The number of hydrogen-bond acceptors (Lipinski definition) is 3. The summed E-state index contributed by atoms with van der Waals surface area (Å²) >= 11 is 0. The van der Waals surface area contributed by atoms with Gasteiger partial charge in [-0.3, -0.25) is 9.59 Å². The van der Waals surface area contributed by atoms with Crippen molar-refractivity contribution in [1.29, 1.82) is 0 Å². The van der Waals surface area contributed by atoms with E-state index in [0.29, 0.717) is 18.4 Å². The largest absolute Gasteiger partial charge is 0.480 e. The van der Waals surface area contributed by atoms with Gasteiger partial charge in [-0.15, -0.1) is 0 Å². The minimum atomic E-state index is -1.16. The Hall–Kier alpha value is -2.89. The lowest BCUT2D eigenvalue weighted by Gasteiger charge is -2.34. The summed E-state index contributed by atoms with van der Waals surface area (Å²) in [5, 5.41) is 16.9. The van der Waals surface area contributed by atoms with Gasteiger partial charge in [0.25, 0.3) is 5.91 Å². The molecular formula is C21H24N2O4. The second-order valence-electron chi connectivity index (χ2n) is 7.06. The maximum atomic E-state index is 12.3. The maximum Gasteiger partial charge on any atom is 0.329 e. The lowest BCUT2D eigenvalue weighted by molar-refractivity contribution is -0.149. The lowest BCUT2D eigenvalue weighted by atomic mass is 9.81. The Morgan fingerprint density at radius 3 is 2.37 bits per heavy atom. The summed E-state index contributed by atoms with van der Waals surface area (Å²) in [6, 6.07) is 13.2. The van der Waals surface area contributed by atoms with Gasteiger partial charge in [0.2, 0.25) is 5.91 Å². The molecule has 0 radical (unpaired) electrons. The predicted octanol–water partition coefficient (Wildman–Crippen LogP) is 2.86. The Bertz CT molecular complexity index is 856. The molecule has 0 bridgehead atoms. The van der Waals surface area contributed by atoms with E-state index < -0.39 is 11.5 Å². The van der Waals surface area contributed by atoms with Crippen molar-refractivity contribution in [3.05, 3.63) is 48.0 Å². The topological polar surface area (TPSA) is 95.5 Å². The third-order valence-electron chi connectivity index (χ3n) is 5.14. The van der Waals surface area contributed by atoms with Gasteiger partial charge in [0.15, 0.2) is 0 Å². The van der Waals surface area contributed by atoms with Crippen LogP contribution < -0.4 is 10.6 Å². The highest BCUT2D eigenvalue weighted by Crippen LogP contribution is 2.28. The molecular weight excluding hydrogens is 344 g/mol. The average molecular weight is 368 g/mol. The Labute approximate surface area is 158 Å². The van der Waals surface area contributed by atoms with Crippen LogP contribution in [0.5, 0.6) is 0 Å². The highest BCUT2D eigenvalue weighted by atomic mass is 16.4. The average Bonchev–Trinajstić information content (AvgIpc) is 2.68. The Morgan fingerprint density at radius 1 is 0.963 bits per heavy atom. The zero-order valence-corrected chi connectivity index (χ0v) is 15.2. The van der Waals surface area contributed by atoms with Gasteiger partial charge < -0.3 is 15.7 Å². The summed E-state index contributed by atoms with van der Waals surface area (Å²) in [5.41, 5.74) is -0.624. The number of carboxylic acid groups (broad SMARTS) is 1. The number of benzene rings is 2. The van der Waals surface area contributed by atoms with Gasteiger partial charge in [-0.1, -0.05) is 49.6 Å². The molecule has 0 unspecified atom stereocenters. The summed E-state index contributed by atoms with van der Waals surface area (Å²) in [7, 11) is 0. The fraction of sp³-hybridized carbons (Fsp3) is 0.381. The molecule has 1 aliphatic rings. The Balaban J connectivity index is 1.52. The first-order valence-corrected chi connectivity index (χ1v) is 9.32. The van der Waals surface area contributed by atoms with E-state index in [-0.39, 0.29) is 24.8 Å². The molecule has 2 aromatic carbocycles. The van der Waals surface area contributed by atoms with E-state index in [1.165, 1.54) is 0 Å². The lowest BCUT2D eigenvalue weighted by Crippen LogP contribution is -2.55. The molecule has 0 aliphatic heterocycles.